The van der Waals surface area contributed by atoms with E-state index in [2.05, 4.69) is 51.4 Å². The number of allylic oxidation sites excluding steroid dienone is 1. The second-order valence-corrected chi connectivity index (χ2v) is 14.4. The van der Waals surface area contributed by atoms with Crippen molar-refractivity contribution in [3.63, 3.8) is 0 Å². The van der Waals surface area contributed by atoms with Gasteiger partial charge in [0, 0.05) is 55.1 Å². The number of anilines is 1. The van der Waals surface area contributed by atoms with Crippen molar-refractivity contribution >= 4 is 29.3 Å². The standard InChI is InChI=1S/C42H46N6O4/c1-5-35-26(2)38(27(3)49)41(51)48(34-8-6-7-9-34)39(35)46-28(4)45-37-17-14-31(23-43-37)30-12-10-29(11-13-30)25-47-20-18-42(52,19-21-47)33-15-16-36-32(22-33)24-44-40(36)50/h5,10-17,22-23,34,52H,4,6-9,18-21,24-25H2,1-3H3,(H,43,45)(H,44,50)/b35-5-,46-39+. The lowest BCUT2D eigenvalue weighted by molar-refractivity contribution is -0.127. The Morgan fingerprint density at radius 1 is 1.08 bits per heavy atom. The first kappa shape index (κ1) is 35.2. The van der Waals surface area contributed by atoms with Crippen molar-refractivity contribution in [2.45, 2.75) is 84.0 Å². The maximum absolute atomic E-state index is 13.6. The van der Waals surface area contributed by atoms with Gasteiger partial charge in [0.15, 0.2) is 5.78 Å². The van der Waals surface area contributed by atoms with Crippen molar-refractivity contribution in [2.75, 3.05) is 18.4 Å². The van der Waals surface area contributed by atoms with Crippen molar-refractivity contribution in [1.29, 1.82) is 0 Å². The molecule has 2 amide bonds. The number of carbonyl (C=O) groups excluding carboxylic acids is 3. The van der Waals surface area contributed by atoms with Gasteiger partial charge in [-0.25, -0.2) is 9.98 Å². The molecule has 1 aromatic heterocycles. The number of carbonyl (C=O) groups is 3. The number of hydrogen-bond donors (Lipinski definition) is 3. The monoisotopic (exact) mass is 698 g/mol. The number of nitrogens with one attached hydrogen (secondary N) is 2. The van der Waals surface area contributed by atoms with E-state index in [1.165, 1.54) is 12.5 Å². The molecule has 1 aliphatic carbocycles. The van der Waals surface area contributed by atoms with E-state index >= 15 is 0 Å². The van der Waals surface area contributed by atoms with Gasteiger partial charge in [0.2, 0.25) is 0 Å². The first-order valence-electron chi connectivity index (χ1n) is 18.2. The molecule has 10 nitrogen and oxygen atoms in total. The van der Waals surface area contributed by atoms with E-state index in [9.17, 15) is 19.5 Å². The first-order valence-corrected chi connectivity index (χ1v) is 18.2. The Bertz CT molecular complexity index is 2010. The highest BCUT2D eigenvalue weighted by Crippen LogP contribution is 2.36. The molecule has 2 fully saturated rings. The average Bonchev–Trinajstić information content (AvgIpc) is 3.80. The SMILES string of the molecule is C=C(/N=C1\C(=C/C)C(C)=C(C(C)=O)C(=O)N1C1CCCC1)Nc1ccc(-c2ccc(CN3CCC(O)(c4ccc5c(c4)CNC5=O)CC3)cc2)cn1. The Balaban J connectivity index is 0.975. The van der Waals surface area contributed by atoms with Crippen LogP contribution in [-0.4, -0.2) is 62.5 Å². The molecular weight excluding hydrogens is 652 g/mol. The predicted molar refractivity (Wildman–Crippen MR) is 202 cm³/mol. The van der Waals surface area contributed by atoms with Crippen LogP contribution in [0.1, 0.15) is 86.3 Å². The summed E-state index contributed by atoms with van der Waals surface area (Å²) in [7, 11) is 0. The molecule has 0 unspecified atom stereocenters. The van der Waals surface area contributed by atoms with E-state index in [1.54, 1.807) is 4.90 Å². The second kappa shape index (κ2) is 14.4. The molecule has 0 radical (unpaired) electrons. The fourth-order valence-electron chi connectivity index (χ4n) is 8.08. The number of benzene rings is 2. The van der Waals surface area contributed by atoms with Gasteiger partial charge in [-0.2, -0.15) is 0 Å². The fourth-order valence-corrected chi connectivity index (χ4v) is 8.08. The van der Waals surface area contributed by atoms with Crippen LogP contribution in [0.25, 0.3) is 11.1 Å². The smallest absolute Gasteiger partial charge is 0.263 e. The summed E-state index contributed by atoms with van der Waals surface area (Å²) in [6.45, 7) is 12.2. The fraction of sp³-hybridized carbons (Fsp3) is 0.357. The van der Waals surface area contributed by atoms with Crippen LogP contribution in [0.15, 0.2) is 101 Å². The minimum atomic E-state index is -0.884. The van der Waals surface area contributed by atoms with Crippen LogP contribution in [0.3, 0.4) is 0 Å². The third kappa shape index (κ3) is 6.88. The molecule has 3 aromatic rings. The van der Waals surface area contributed by atoms with Gasteiger partial charge in [0.05, 0.1) is 11.2 Å². The van der Waals surface area contributed by atoms with Crippen LogP contribution in [0, 0.1) is 0 Å². The maximum atomic E-state index is 13.6. The number of nitrogens with zero attached hydrogens (tertiary/aromatic N) is 4. The molecule has 3 N–H and O–H groups in total. The van der Waals surface area contributed by atoms with Crippen molar-refractivity contribution in [3.05, 3.63) is 118 Å². The Morgan fingerprint density at radius 2 is 1.79 bits per heavy atom. The number of amides is 2. The highest BCUT2D eigenvalue weighted by atomic mass is 16.3. The third-order valence-electron chi connectivity index (χ3n) is 11.0. The quantitative estimate of drug-likeness (QED) is 0.221. The number of aliphatic hydroxyl groups is 1. The van der Waals surface area contributed by atoms with Crippen LogP contribution in [0.5, 0.6) is 0 Å². The number of aromatic nitrogens is 1. The van der Waals surface area contributed by atoms with Gasteiger partial charge in [-0.1, -0.05) is 61.9 Å². The second-order valence-electron chi connectivity index (χ2n) is 14.4. The highest BCUT2D eigenvalue weighted by Gasteiger charge is 2.40. The maximum Gasteiger partial charge on any atom is 0.263 e. The Morgan fingerprint density at radius 3 is 2.44 bits per heavy atom. The lowest BCUT2D eigenvalue weighted by Gasteiger charge is -2.38. The molecule has 7 rings (SSSR count). The van der Waals surface area contributed by atoms with Crippen molar-refractivity contribution in [2.24, 2.45) is 4.99 Å². The molecule has 10 heteroatoms. The molecule has 4 heterocycles. The molecular formula is C42H46N6O4. The zero-order chi connectivity index (χ0) is 36.6. The highest BCUT2D eigenvalue weighted by molar-refractivity contribution is 6.29. The minimum Gasteiger partial charge on any atom is -0.385 e. The Kier molecular flexibility index (Phi) is 9.78. The van der Waals surface area contributed by atoms with E-state index in [0.717, 1.165) is 73.1 Å². The molecule has 268 valence electrons. The summed E-state index contributed by atoms with van der Waals surface area (Å²) in [5, 5.41) is 17.5. The number of aliphatic imine (C=N–C) groups is 1. The summed E-state index contributed by atoms with van der Waals surface area (Å²) in [4.78, 5) is 51.6. The molecule has 4 aliphatic rings. The zero-order valence-corrected chi connectivity index (χ0v) is 30.2. The van der Waals surface area contributed by atoms with Gasteiger partial charge in [-0.05, 0) is 92.5 Å². The Hall–Kier alpha value is -5.19. The average molecular weight is 699 g/mol. The topological polar surface area (TPSA) is 127 Å². The van der Waals surface area contributed by atoms with Crippen LogP contribution >= 0.6 is 0 Å². The number of Topliss-reactive ketones (excluding diaryl/α,β-unsaturated/α-hetero) is 1. The van der Waals surface area contributed by atoms with E-state index in [4.69, 9.17) is 4.99 Å². The van der Waals surface area contributed by atoms with E-state index < -0.39 is 5.60 Å². The van der Waals surface area contributed by atoms with Crippen LogP contribution < -0.4 is 10.6 Å². The normalized spacial score (nSPS) is 20.8. The summed E-state index contributed by atoms with van der Waals surface area (Å²) in [6.07, 6.45) is 8.82. The molecule has 0 bridgehead atoms. The number of pyridine rings is 1. The number of likely N-dealkylation sites (tertiary alicyclic amines) is 1. The van der Waals surface area contributed by atoms with Gasteiger partial charge in [-0.3, -0.25) is 24.2 Å². The number of hydrogen-bond acceptors (Lipinski definition) is 8. The van der Waals surface area contributed by atoms with Gasteiger partial charge >= 0.3 is 0 Å². The van der Waals surface area contributed by atoms with E-state index in [0.29, 0.717) is 48.0 Å². The predicted octanol–water partition coefficient (Wildman–Crippen LogP) is 6.39. The molecule has 3 aliphatic heterocycles. The number of piperidine rings is 1. The molecule has 1 saturated heterocycles. The zero-order valence-electron chi connectivity index (χ0n) is 30.2. The summed E-state index contributed by atoms with van der Waals surface area (Å²) in [5.74, 6) is 0.893. The van der Waals surface area contributed by atoms with E-state index in [-0.39, 0.29) is 29.2 Å². The molecule has 1 saturated carbocycles. The molecule has 0 spiro atoms. The largest absolute Gasteiger partial charge is 0.385 e. The van der Waals surface area contributed by atoms with Gasteiger partial charge in [-0.15, -0.1) is 0 Å². The van der Waals surface area contributed by atoms with Gasteiger partial charge in [0.1, 0.15) is 17.5 Å². The van der Waals surface area contributed by atoms with Crippen molar-refractivity contribution in [3.8, 4) is 11.1 Å². The van der Waals surface area contributed by atoms with Crippen LogP contribution in [0.4, 0.5) is 5.82 Å². The van der Waals surface area contributed by atoms with Crippen LogP contribution in [-0.2, 0) is 28.3 Å². The van der Waals surface area contributed by atoms with Crippen LogP contribution in [0.2, 0.25) is 0 Å². The lowest BCUT2D eigenvalue weighted by atomic mass is 9.83. The number of ketones is 1. The Labute approximate surface area is 305 Å². The summed E-state index contributed by atoms with van der Waals surface area (Å²) in [5.41, 5.74) is 6.53. The molecule has 52 heavy (non-hydrogen) atoms. The summed E-state index contributed by atoms with van der Waals surface area (Å²) in [6, 6.07) is 18.1. The van der Waals surface area contributed by atoms with Crippen molar-refractivity contribution in [1.82, 2.24) is 20.1 Å². The number of rotatable bonds is 9. The summed E-state index contributed by atoms with van der Waals surface area (Å²) < 4.78 is 0. The molecule has 0 atom stereocenters. The molecule has 2 aromatic carbocycles. The minimum absolute atomic E-state index is 0.00627. The van der Waals surface area contributed by atoms with E-state index in [1.807, 2.05) is 56.5 Å². The van der Waals surface area contributed by atoms with Gasteiger partial charge in [0.25, 0.3) is 11.8 Å². The van der Waals surface area contributed by atoms with Crippen molar-refractivity contribution < 1.29 is 19.5 Å². The third-order valence-corrected chi connectivity index (χ3v) is 11.0. The first-order chi connectivity index (χ1) is 25.0. The lowest BCUT2D eigenvalue weighted by Crippen LogP contribution is -2.49. The van der Waals surface area contributed by atoms with Gasteiger partial charge < -0.3 is 15.7 Å². The number of fused-ring (bicyclic) bond motifs is 1. The number of amidine groups is 1. The summed E-state index contributed by atoms with van der Waals surface area (Å²) >= 11 is 0.